The molecule has 0 spiro atoms. The molecular weight excluding hydrogens is 390 g/mol. The Labute approximate surface area is 173 Å². The molecule has 1 amide bonds. The Balaban J connectivity index is 1.34. The van der Waals surface area contributed by atoms with Gasteiger partial charge in [0.05, 0.1) is 11.1 Å². The van der Waals surface area contributed by atoms with E-state index >= 15 is 0 Å². The SMILES string of the molecule is Nc1nc(SCC(=O)NCCN2CCCCC2)nc2sc3c(c12)CC=CC=C3. The Kier molecular flexibility index (Phi) is 6.29. The van der Waals surface area contributed by atoms with Crippen molar-refractivity contribution in [3.05, 3.63) is 28.7 Å². The molecule has 6 nitrogen and oxygen atoms in total. The lowest BCUT2D eigenvalue weighted by molar-refractivity contribution is -0.118. The third-order valence-electron chi connectivity index (χ3n) is 5.04. The van der Waals surface area contributed by atoms with Gasteiger partial charge in [-0.1, -0.05) is 36.4 Å². The minimum atomic E-state index is 0.0132. The minimum absolute atomic E-state index is 0.0132. The number of nitrogens with one attached hydrogen (secondary N) is 1. The fourth-order valence-corrected chi connectivity index (χ4v) is 5.47. The first kappa shape index (κ1) is 19.4. The normalized spacial score (nSPS) is 16.9. The Morgan fingerprint density at radius 1 is 1.25 bits per heavy atom. The number of allylic oxidation sites excluding steroid dienone is 3. The van der Waals surface area contributed by atoms with E-state index in [4.69, 9.17) is 5.73 Å². The van der Waals surface area contributed by atoms with Crippen LogP contribution in [-0.4, -0.2) is 52.7 Å². The van der Waals surface area contributed by atoms with Gasteiger partial charge in [0.25, 0.3) is 0 Å². The maximum absolute atomic E-state index is 12.2. The lowest BCUT2D eigenvalue weighted by atomic mass is 10.1. The van der Waals surface area contributed by atoms with Crippen molar-refractivity contribution < 1.29 is 4.79 Å². The molecule has 2 aromatic rings. The standard InChI is InChI=1S/C20H25N5OS2/c21-18-17-14-7-3-1-4-8-15(14)28-19(17)24-20(23-18)27-13-16(26)22-9-12-25-10-5-2-6-11-25/h1,3-4,8H,2,5-7,9-13H2,(H,22,26)(H2,21,23,24). The van der Waals surface area contributed by atoms with E-state index < -0.39 is 0 Å². The van der Waals surface area contributed by atoms with Crippen molar-refractivity contribution in [1.29, 1.82) is 0 Å². The highest BCUT2D eigenvalue weighted by molar-refractivity contribution is 7.99. The first-order valence-electron chi connectivity index (χ1n) is 9.74. The van der Waals surface area contributed by atoms with E-state index in [2.05, 4.69) is 32.3 Å². The molecule has 1 aliphatic carbocycles. The molecule has 1 aliphatic heterocycles. The number of hydrogen-bond donors (Lipinski definition) is 2. The van der Waals surface area contributed by atoms with Crippen LogP contribution in [0.25, 0.3) is 16.3 Å². The summed E-state index contributed by atoms with van der Waals surface area (Å²) in [6.45, 7) is 3.91. The zero-order chi connectivity index (χ0) is 19.3. The van der Waals surface area contributed by atoms with Gasteiger partial charge in [0, 0.05) is 18.0 Å². The molecule has 0 saturated carbocycles. The first-order chi connectivity index (χ1) is 13.7. The van der Waals surface area contributed by atoms with E-state index in [-0.39, 0.29) is 5.91 Å². The molecule has 0 aromatic carbocycles. The third kappa shape index (κ3) is 4.56. The predicted molar refractivity (Wildman–Crippen MR) is 118 cm³/mol. The van der Waals surface area contributed by atoms with Crippen molar-refractivity contribution in [1.82, 2.24) is 20.2 Å². The summed E-state index contributed by atoms with van der Waals surface area (Å²) < 4.78 is 0. The molecule has 4 rings (SSSR count). The summed E-state index contributed by atoms with van der Waals surface area (Å²) in [6, 6.07) is 0. The molecule has 3 N–H and O–H groups in total. The number of nitrogens with two attached hydrogens (primary N) is 1. The molecule has 0 atom stereocenters. The van der Waals surface area contributed by atoms with Crippen molar-refractivity contribution >= 4 is 51.1 Å². The molecule has 2 aromatic heterocycles. The van der Waals surface area contributed by atoms with Gasteiger partial charge in [0.15, 0.2) is 5.16 Å². The van der Waals surface area contributed by atoms with Crippen LogP contribution in [0.1, 0.15) is 29.7 Å². The molecule has 0 bridgehead atoms. The highest BCUT2D eigenvalue weighted by atomic mass is 32.2. The van der Waals surface area contributed by atoms with Crippen molar-refractivity contribution in [2.75, 3.05) is 37.7 Å². The molecule has 3 heterocycles. The number of rotatable bonds is 6. The van der Waals surface area contributed by atoms with Gasteiger partial charge in [-0.2, -0.15) is 0 Å². The van der Waals surface area contributed by atoms with Gasteiger partial charge in [-0.3, -0.25) is 4.79 Å². The number of nitrogen functional groups attached to an aromatic ring is 1. The summed E-state index contributed by atoms with van der Waals surface area (Å²) in [5.41, 5.74) is 7.42. The number of thioether (sulfide) groups is 1. The van der Waals surface area contributed by atoms with Crippen molar-refractivity contribution in [3.8, 4) is 0 Å². The summed E-state index contributed by atoms with van der Waals surface area (Å²) in [5.74, 6) is 0.817. The average molecular weight is 416 g/mol. The number of piperidine rings is 1. The van der Waals surface area contributed by atoms with Crippen molar-refractivity contribution in [2.24, 2.45) is 0 Å². The molecule has 1 fully saturated rings. The Hall–Kier alpha value is -1.90. The second kappa shape index (κ2) is 9.07. The van der Waals surface area contributed by atoms with Crippen molar-refractivity contribution in [3.63, 3.8) is 0 Å². The van der Waals surface area contributed by atoms with E-state index in [1.54, 1.807) is 11.3 Å². The van der Waals surface area contributed by atoms with E-state index in [1.165, 1.54) is 41.5 Å². The number of thiophene rings is 1. The van der Waals surface area contributed by atoms with Gasteiger partial charge >= 0.3 is 0 Å². The average Bonchev–Trinajstić information content (AvgIpc) is 2.89. The van der Waals surface area contributed by atoms with Gasteiger partial charge in [-0.25, -0.2) is 9.97 Å². The quantitative estimate of drug-likeness (QED) is 0.557. The van der Waals surface area contributed by atoms with Crippen LogP contribution in [0.2, 0.25) is 0 Å². The Morgan fingerprint density at radius 3 is 2.96 bits per heavy atom. The number of hydrogen-bond acceptors (Lipinski definition) is 7. The van der Waals surface area contributed by atoms with Crippen LogP contribution in [0.4, 0.5) is 5.82 Å². The minimum Gasteiger partial charge on any atom is -0.383 e. The van der Waals surface area contributed by atoms with Crippen LogP contribution < -0.4 is 11.1 Å². The number of carbonyl (C=O) groups is 1. The van der Waals surface area contributed by atoms with Crippen LogP contribution in [0.3, 0.4) is 0 Å². The zero-order valence-electron chi connectivity index (χ0n) is 15.8. The van der Waals surface area contributed by atoms with Gasteiger partial charge < -0.3 is 16.0 Å². The van der Waals surface area contributed by atoms with E-state index in [1.807, 2.05) is 12.2 Å². The van der Waals surface area contributed by atoms with Gasteiger partial charge in [-0.15, -0.1) is 11.3 Å². The zero-order valence-corrected chi connectivity index (χ0v) is 17.5. The summed E-state index contributed by atoms with van der Waals surface area (Å²) in [5, 5.41) is 4.51. The molecule has 8 heteroatoms. The number of anilines is 1. The topological polar surface area (TPSA) is 84.1 Å². The van der Waals surface area contributed by atoms with Gasteiger partial charge in [0.1, 0.15) is 10.6 Å². The maximum Gasteiger partial charge on any atom is 0.230 e. The molecular formula is C20H25N5OS2. The van der Waals surface area contributed by atoms with Crippen LogP contribution >= 0.6 is 23.1 Å². The monoisotopic (exact) mass is 415 g/mol. The third-order valence-corrected chi connectivity index (χ3v) is 6.98. The van der Waals surface area contributed by atoms with E-state index in [0.29, 0.717) is 23.3 Å². The molecule has 148 valence electrons. The number of nitrogens with zero attached hydrogens (tertiary/aromatic N) is 3. The van der Waals surface area contributed by atoms with Crippen LogP contribution in [0, 0.1) is 0 Å². The number of amides is 1. The summed E-state index contributed by atoms with van der Waals surface area (Å²) >= 11 is 2.97. The van der Waals surface area contributed by atoms with Crippen LogP contribution in [0.5, 0.6) is 0 Å². The number of carbonyl (C=O) groups excluding carboxylic acids is 1. The van der Waals surface area contributed by atoms with Gasteiger partial charge in [0.2, 0.25) is 5.91 Å². The van der Waals surface area contributed by atoms with Crippen LogP contribution in [0.15, 0.2) is 23.4 Å². The van der Waals surface area contributed by atoms with E-state index in [0.717, 1.165) is 36.3 Å². The predicted octanol–water partition coefficient (Wildman–Crippen LogP) is 3.09. The number of likely N-dealkylation sites (tertiary alicyclic amines) is 1. The summed E-state index contributed by atoms with van der Waals surface area (Å²) in [4.78, 5) is 25.7. The Bertz CT molecular complexity index is 915. The van der Waals surface area contributed by atoms with Crippen molar-refractivity contribution in [2.45, 2.75) is 30.8 Å². The van der Waals surface area contributed by atoms with E-state index in [9.17, 15) is 4.79 Å². The van der Waals surface area contributed by atoms with Crippen LogP contribution in [-0.2, 0) is 11.2 Å². The second-order valence-electron chi connectivity index (χ2n) is 7.05. The molecule has 0 radical (unpaired) electrons. The summed E-state index contributed by atoms with van der Waals surface area (Å²) in [6.07, 6.45) is 13.0. The summed E-state index contributed by atoms with van der Waals surface area (Å²) in [7, 11) is 0. The first-order valence-corrected chi connectivity index (χ1v) is 11.5. The largest absolute Gasteiger partial charge is 0.383 e. The fourth-order valence-electron chi connectivity index (χ4n) is 3.61. The lowest BCUT2D eigenvalue weighted by Crippen LogP contribution is -2.38. The number of fused-ring (bicyclic) bond motifs is 3. The smallest absolute Gasteiger partial charge is 0.230 e. The molecule has 2 aliphatic rings. The second-order valence-corrected chi connectivity index (χ2v) is 9.02. The molecule has 1 saturated heterocycles. The number of aromatic nitrogens is 2. The molecule has 0 unspecified atom stereocenters. The lowest BCUT2D eigenvalue weighted by Gasteiger charge is -2.26. The maximum atomic E-state index is 12.2. The fraction of sp³-hybridized carbons (Fsp3) is 0.450. The Morgan fingerprint density at radius 2 is 2.11 bits per heavy atom. The highest BCUT2D eigenvalue weighted by Gasteiger charge is 2.17. The molecule has 28 heavy (non-hydrogen) atoms. The highest BCUT2D eigenvalue weighted by Crippen LogP contribution is 2.36. The van der Waals surface area contributed by atoms with Gasteiger partial charge in [-0.05, 0) is 44.0 Å².